The van der Waals surface area contributed by atoms with Crippen molar-refractivity contribution in [2.45, 2.75) is 53.5 Å². The zero-order chi connectivity index (χ0) is 14.0. The smallest absolute Gasteiger partial charge is 0.188 e. The van der Waals surface area contributed by atoms with Crippen molar-refractivity contribution < 1.29 is 0 Å². The van der Waals surface area contributed by atoms with E-state index in [0.717, 1.165) is 32.6 Å². The van der Waals surface area contributed by atoms with Crippen molar-refractivity contribution in [2.24, 2.45) is 16.6 Å². The first-order valence-corrected chi connectivity index (χ1v) is 7.32. The molecule has 0 aliphatic carbocycles. The molecule has 0 radical (unpaired) electrons. The lowest BCUT2D eigenvalue weighted by Crippen LogP contribution is -2.40. The highest BCUT2D eigenvalue weighted by molar-refractivity contribution is 5.77. The third-order valence-corrected chi connectivity index (χ3v) is 3.10. The van der Waals surface area contributed by atoms with Gasteiger partial charge in [-0.05, 0) is 31.8 Å². The summed E-state index contributed by atoms with van der Waals surface area (Å²) in [4.78, 5) is 6.94. The van der Waals surface area contributed by atoms with Gasteiger partial charge in [0.15, 0.2) is 5.96 Å². The van der Waals surface area contributed by atoms with Gasteiger partial charge in [0.25, 0.3) is 0 Å². The Labute approximate surface area is 113 Å². The van der Waals surface area contributed by atoms with Gasteiger partial charge in [0.2, 0.25) is 0 Å². The zero-order valence-corrected chi connectivity index (χ0v) is 12.9. The van der Waals surface area contributed by atoms with E-state index in [2.05, 4.69) is 49.8 Å². The van der Waals surface area contributed by atoms with Crippen molar-refractivity contribution in [1.82, 2.24) is 10.2 Å². The molecule has 1 atom stereocenters. The molecular formula is C14H32N4. The second kappa shape index (κ2) is 10.2. The molecule has 0 bridgehead atoms. The van der Waals surface area contributed by atoms with Crippen LogP contribution in [0.4, 0.5) is 0 Å². The molecule has 0 heterocycles. The van der Waals surface area contributed by atoms with Crippen LogP contribution in [0.3, 0.4) is 0 Å². The van der Waals surface area contributed by atoms with Crippen LogP contribution >= 0.6 is 0 Å². The first kappa shape index (κ1) is 17.2. The Morgan fingerprint density at radius 2 is 1.83 bits per heavy atom. The summed E-state index contributed by atoms with van der Waals surface area (Å²) in [6.07, 6.45) is 2.24. The first-order chi connectivity index (χ1) is 8.54. The van der Waals surface area contributed by atoms with Crippen LogP contribution in [0.25, 0.3) is 0 Å². The van der Waals surface area contributed by atoms with E-state index in [1.807, 2.05) is 0 Å². The summed E-state index contributed by atoms with van der Waals surface area (Å²) in [7, 11) is 0. The maximum Gasteiger partial charge on any atom is 0.188 e. The average molecular weight is 256 g/mol. The molecule has 0 aromatic rings. The van der Waals surface area contributed by atoms with Crippen LogP contribution in [-0.2, 0) is 0 Å². The fourth-order valence-corrected chi connectivity index (χ4v) is 2.14. The van der Waals surface area contributed by atoms with E-state index in [0.29, 0.717) is 17.9 Å². The molecule has 0 aromatic heterocycles. The summed E-state index contributed by atoms with van der Waals surface area (Å²) in [5.74, 6) is 1.27. The molecule has 0 aliphatic heterocycles. The number of hydrogen-bond acceptors (Lipinski definition) is 2. The van der Waals surface area contributed by atoms with Crippen LogP contribution in [0.1, 0.15) is 47.5 Å². The number of nitrogens with two attached hydrogens (primary N) is 1. The zero-order valence-electron chi connectivity index (χ0n) is 12.9. The molecule has 0 saturated carbocycles. The average Bonchev–Trinajstić information content (AvgIpc) is 2.34. The molecule has 0 saturated heterocycles. The Morgan fingerprint density at radius 3 is 2.28 bits per heavy atom. The lowest BCUT2D eigenvalue weighted by Gasteiger charge is -2.29. The predicted octanol–water partition coefficient (Wildman–Crippen LogP) is 2.06. The third kappa shape index (κ3) is 7.54. The second-order valence-corrected chi connectivity index (χ2v) is 5.16. The highest BCUT2D eigenvalue weighted by Crippen LogP contribution is 2.11. The Balaban J connectivity index is 4.39. The van der Waals surface area contributed by atoms with E-state index in [1.165, 1.54) is 6.42 Å². The minimum Gasteiger partial charge on any atom is -0.370 e. The highest BCUT2D eigenvalue weighted by Gasteiger charge is 2.16. The van der Waals surface area contributed by atoms with Crippen molar-refractivity contribution in [3.8, 4) is 0 Å². The van der Waals surface area contributed by atoms with Gasteiger partial charge >= 0.3 is 0 Å². The molecule has 4 nitrogen and oxygen atoms in total. The molecule has 0 amide bonds. The van der Waals surface area contributed by atoms with Gasteiger partial charge in [-0.2, -0.15) is 0 Å². The van der Waals surface area contributed by atoms with Gasteiger partial charge in [0.05, 0.1) is 6.54 Å². The summed E-state index contributed by atoms with van der Waals surface area (Å²) in [6.45, 7) is 14.9. The third-order valence-electron chi connectivity index (χ3n) is 3.10. The van der Waals surface area contributed by atoms with Gasteiger partial charge in [0.1, 0.15) is 0 Å². The molecule has 1 unspecified atom stereocenters. The molecule has 18 heavy (non-hydrogen) atoms. The second-order valence-electron chi connectivity index (χ2n) is 5.16. The van der Waals surface area contributed by atoms with E-state index < -0.39 is 0 Å². The van der Waals surface area contributed by atoms with Crippen LogP contribution in [0.2, 0.25) is 0 Å². The van der Waals surface area contributed by atoms with Crippen molar-refractivity contribution in [3.05, 3.63) is 0 Å². The first-order valence-electron chi connectivity index (χ1n) is 7.32. The summed E-state index contributed by atoms with van der Waals surface area (Å²) in [5, 5.41) is 3.13. The molecular weight excluding hydrogens is 224 g/mol. The summed E-state index contributed by atoms with van der Waals surface area (Å²) >= 11 is 0. The van der Waals surface area contributed by atoms with Crippen molar-refractivity contribution >= 4 is 5.96 Å². The molecule has 0 aliphatic rings. The highest BCUT2D eigenvalue weighted by atomic mass is 15.2. The predicted molar refractivity (Wildman–Crippen MR) is 80.9 cm³/mol. The van der Waals surface area contributed by atoms with Gasteiger partial charge in [0, 0.05) is 12.6 Å². The SMILES string of the molecule is CCCNC(N)=NCC(CC(C)C)N(CC)CC. The Morgan fingerprint density at radius 1 is 1.22 bits per heavy atom. The monoisotopic (exact) mass is 256 g/mol. The Hall–Kier alpha value is -0.770. The van der Waals surface area contributed by atoms with Gasteiger partial charge in [-0.15, -0.1) is 0 Å². The molecule has 4 heteroatoms. The molecule has 0 aromatic carbocycles. The summed E-state index contributed by atoms with van der Waals surface area (Å²) < 4.78 is 0. The van der Waals surface area contributed by atoms with Crippen LogP contribution < -0.4 is 11.1 Å². The number of likely N-dealkylation sites (N-methyl/N-ethyl adjacent to an activating group) is 1. The molecule has 108 valence electrons. The number of nitrogens with zero attached hydrogens (tertiary/aromatic N) is 2. The number of guanidine groups is 1. The lowest BCUT2D eigenvalue weighted by atomic mass is 10.0. The molecule has 0 rings (SSSR count). The quantitative estimate of drug-likeness (QED) is 0.490. The van der Waals surface area contributed by atoms with Gasteiger partial charge in [-0.1, -0.05) is 34.6 Å². The number of rotatable bonds is 9. The fraction of sp³-hybridized carbons (Fsp3) is 0.929. The van der Waals surface area contributed by atoms with Crippen molar-refractivity contribution in [3.63, 3.8) is 0 Å². The van der Waals surface area contributed by atoms with E-state index >= 15 is 0 Å². The minimum absolute atomic E-state index is 0.502. The van der Waals surface area contributed by atoms with Crippen molar-refractivity contribution in [2.75, 3.05) is 26.2 Å². The minimum atomic E-state index is 0.502. The number of nitrogens with one attached hydrogen (secondary N) is 1. The van der Waals surface area contributed by atoms with Crippen molar-refractivity contribution in [1.29, 1.82) is 0 Å². The largest absolute Gasteiger partial charge is 0.370 e. The number of aliphatic imine (C=N–C) groups is 1. The van der Waals surface area contributed by atoms with E-state index in [9.17, 15) is 0 Å². The maximum absolute atomic E-state index is 5.84. The Kier molecular flexibility index (Phi) is 9.74. The Bertz CT molecular complexity index is 222. The van der Waals surface area contributed by atoms with Crippen LogP contribution in [0, 0.1) is 5.92 Å². The van der Waals surface area contributed by atoms with Crippen LogP contribution in [0.15, 0.2) is 4.99 Å². The molecule has 3 N–H and O–H groups in total. The van der Waals surface area contributed by atoms with E-state index in [-0.39, 0.29) is 0 Å². The van der Waals surface area contributed by atoms with Gasteiger partial charge in [-0.25, -0.2) is 0 Å². The lowest BCUT2D eigenvalue weighted by molar-refractivity contribution is 0.196. The maximum atomic E-state index is 5.84. The standard InChI is InChI=1S/C14H32N4/c1-6-9-16-14(15)17-11-13(10-12(4)5)18(7-2)8-3/h12-13H,6-11H2,1-5H3,(H3,15,16,17). The summed E-state index contributed by atoms with van der Waals surface area (Å²) in [6, 6.07) is 0.502. The van der Waals surface area contributed by atoms with E-state index in [1.54, 1.807) is 0 Å². The van der Waals surface area contributed by atoms with Gasteiger partial charge in [-0.3, -0.25) is 9.89 Å². The molecule has 0 spiro atoms. The molecule has 0 fully saturated rings. The normalized spacial score (nSPS) is 14.3. The van der Waals surface area contributed by atoms with Gasteiger partial charge < -0.3 is 11.1 Å². The summed E-state index contributed by atoms with van der Waals surface area (Å²) in [5.41, 5.74) is 5.84. The van der Waals surface area contributed by atoms with E-state index in [4.69, 9.17) is 5.73 Å². The van der Waals surface area contributed by atoms with Crippen LogP contribution in [0.5, 0.6) is 0 Å². The fourth-order valence-electron chi connectivity index (χ4n) is 2.14. The number of hydrogen-bond donors (Lipinski definition) is 2. The topological polar surface area (TPSA) is 53.6 Å². The van der Waals surface area contributed by atoms with Crippen LogP contribution in [-0.4, -0.2) is 43.1 Å².